The number of hydrogen-bond donors (Lipinski definition) is 1. The van der Waals surface area contributed by atoms with Gasteiger partial charge >= 0.3 is 0 Å². The molecule has 19 heavy (non-hydrogen) atoms. The smallest absolute Gasteiger partial charge is 0.258 e. The summed E-state index contributed by atoms with van der Waals surface area (Å²) in [7, 11) is 0. The highest BCUT2D eigenvalue weighted by Gasteiger charge is 2.09. The van der Waals surface area contributed by atoms with Gasteiger partial charge in [0.1, 0.15) is 0 Å². The zero-order valence-corrected chi connectivity index (χ0v) is 10.3. The highest BCUT2D eigenvalue weighted by molar-refractivity contribution is 5.59. The molecule has 0 fully saturated rings. The third kappa shape index (κ3) is 2.39. The van der Waals surface area contributed by atoms with E-state index in [1.54, 1.807) is 0 Å². The molecule has 0 amide bonds. The van der Waals surface area contributed by atoms with Gasteiger partial charge in [0.05, 0.1) is 0 Å². The molecule has 0 bridgehead atoms. The van der Waals surface area contributed by atoms with Crippen LogP contribution in [0.3, 0.4) is 0 Å². The predicted molar refractivity (Wildman–Crippen MR) is 73.1 cm³/mol. The first-order valence-corrected chi connectivity index (χ1v) is 6.05. The van der Waals surface area contributed by atoms with Crippen molar-refractivity contribution in [1.29, 1.82) is 0 Å². The SMILES string of the molecule is NCc1ccc(-c2noc(-c3ccccc3)n2)cc1. The minimum atomic E-state index is 0.526. The van der Waals surface area contributed by atoms with Gasteiger partial charge in [-0.3, -0.25) is 0 Å². The molecule has 0 saturated carbocycles. The van der Waals surface area contributed by atoms with E-state index in [1.807, 2.05) is 54.6 Å². The first kappa shape index (κ1) is 11.6. The van der Waals surface area contributed by atoms with Gasteiger partial charge in [-0.1, -0.05) is 47.6 Å². The molecule has 94 valence electrons. The molecule has 1 aromatic heterocycles. The second-order valence-corrected chi connectivity index (χ2v) is 4.19. The molecule has 2 N–H and O–H groups in total. The van der Waals surface area contributed by atoms with Crippen LogP contribution in [0.2, 0.25) is 0 Å². The van der Waals surface area contributed by atoms with E-state index in [0.29, 0.717) is 18.3 Å². The third-order valence-electron chi connectivity index (χ3n) is 2.89. The standard InChI is InChI=1S/C15H13N3O/c16-10-11-6-8-12(9-7-11)14-17-15(19-18-14)13-4-2-1-3-5-13/h1-9H,10,16H2. The highest BCUT2D eigenvalue weighted by Crippen LogP contribution is 2.22. The van der Waals surface area contributed by atoms with E-state index < -0.39 is 0 Å². The molecule has 4 nitrogen and oxygen atoms in total. The van der Waals surface area contributed by atoms with Crippen molar-refractivity contribution in [2.24, 2.45) is 5.73 Å². The molecule has 0 unspecified atom stereocenters. The zero-order chi connectivity index (χ0) is 13.1. The summed E-state index contributed by atoms with van der Waals surface area (Å²) in [4.78, 5) is 4.40. The van der Waals surface area contributed by atoms with Crippen LogP contribution >= 0.6 is 0 Å². The molecule has 3 rings (SSSR count). The lowest BCUT2D eigenvalue weighted by Gasteiger charge is -1.97. The summed E-state index contributed by atoms with van der Waals surface area (Å²) >= 11 is 0. The van der Waals surface area contributed by atoms with Crippen molar-refractivity contribution in [3.05, 3.63) is 60.2 Å². The molecule has 0 spiro atoms. The fourth-order valence-corrected chi connectivity index (χ4v) is 1.83. The Morgan fingerprint density at radius 1 is 0.895 bits per heavy atom. The third-order valence-corrected chi connectivity index (χ3v) is 2.89. The molecule has 4 heteroatoms. The predicted octanol–water partition coefficient (Wildman–Crippen LogP) is 2.86. The minimum absolute atomic E-state index is 0.526. The van der Waals surface area contributed by atoms with Crippen LogP contribution < -0.4 is 5.73 Å². The first-order valence-electron chi connectivity index (χ1n) is 6.05. The molecule has 0 aliphatic heterocycles. The Morgan fingerprint density at radius 2 is 1.63 bits per heavy atom. The Labute approximate surface area is 110 Å². The van der Waals surface area contributed by atoms with Crippen LogP contribution in [0.5, 0.6) is 0 Å². The number of benzene rings is 2. The van der Waals surface area contributed by atoms with E-state index in [-0.39, 0.29) is 0 Å². The number of aromatic nitrogens is 2. The van der Waals surface area contributed by atoms with Crippen LogP contribution in [0, 0.1) is 0 Å². The number of nitrogens with zero attached hydrogens (tertiary/aromatic N) is 2. The molecule has 1 heterocycles. The van der Waals surface area contributed by atoms with E-state index in [1.165, 1.54) is 0 Å². The van der Waals surface area contributed by atoms with Crippen LogP contribution in [0.4, 0.5) is 0 Å². The topological polar surface area (TPSA) is 64.9 Å². The Morgan fingerprint density at radius 3 is 2.32 bits per heavy atom. The summed E-state index contributed by atoms with van der Waals surface area (Å²) < 4.78 is 5.28. The molecule has 0 aliphatic rings. The Hall–Kier alpha value is -2.46. The summed E-state index contributed by atoms with van der Waals surface area (Å²) in [6.07, 6.45) is 0. The molecule has 0 radical (unpaired) electrons. The van der Waals surface area contributed by atoms with Gasteiger partial charge in [-0.2, -0.15) is 4.98 Å². The molecular weight excluding hydrogens is 238 g/mol. The van der Waals surface area contributed by atoms with Crippen molar-refractivity contribution in [3.63, 3.8) is 0 Å². The van der Waals surface area contributed by atoms with Gasteiger partial charge in [0.15, 0.2) is 0 Å². The van der Waals surface area contributed by atoms with E-state index in [0.717, 1.165) is 16.7 Å². The van der Waals surface area contributed by atoms with Gasteiger partial charge in [0.25, 0.3) is 5.89 Å². The van der Waals surface area contributed by atoms with Crippen molar-refractivity contribution >= 4 is 0 Å². The Bertz CT molecular complexity index is 659. The van der Waals surface area contributed by atoms with E-state index in [9.17, 15) is 0 Å². The number of rotatable bonds is 3. The number of nitrogens with two attached hydrogens (primary N) is 1. The molecule has 0 atom stereocenters. The van der Waals surface area contributed by atoms with Gasteiger partial charge in [-0.05, 0) is 17.7 Å². The monoisotopic (exact) mass is 251 g/mol. The van der Waals surface area contributed by atoms with Crippen molar-refractivity contribution in [2.75, 3.05) is 0 Å². The van der Waals surface area contributed by atoms with E-state index >= 15 is 0 Å². The summed E-state index contributed by atoms with van der Waals surface area (Å²) in [5, 5.41) is 4.00. The van der Waals surface area contributed by atoms with Gasteiger partial charge in [-0.25, -0.2) is 0 Å². The first-order chi connectivity index (χ1) is 9.36. The lowest BCUT2D eigenvalue weighted by Crippen LogP contribution is -1.95. The quantitative estimate of drug-likeness (QED) is 0.777. The van der Waals surface area contributed by atoms with Crippen LogP contribution in [-0.2, 0) is 6.54 Å². The maximum Gasteiger partial charge on any atom is 0.258 e. The maximum absolute atomic E-state index is 5.57. The molecule has 2 aromatic carbocycles. The van der Waals surface area contributed by atoms with Gasteiger partial charge in [-0.15, -0.1) is 0 Å². The fourth-order valence-electron chi connectivity index (χ4n) is 1.83. The molecule has 3 aromatic rings. The second-order valence-electron chi connectivity index (χ2n) is 4.19. The maximum atomic E-state index is 5.57. The van der Waals surface area contributed by atoms with Crippen LogP contribution in [-0.4, -0.2) is 10.1 Å². The van der Waals surface area contributed by atoms with Gasteiger partial charge in [0.2, 0.25) is 5.82 Å². The van der Waals surface area contributed by atoms with Crippen molar-refractivity contribution in [3.8, 4) is 22.8 Å². The van der Waals surface area contributed by atoms with Gasteiger partial charge in [0, 0.05) is 17.7 Å². The summed E-state index contributed by atoms with van der Waals surface area (Å²) in [5.74, 6) is 1.11. The summed E-state index contributed by atoms with van der Waals surface area (Å²) in [6.45, 7) is 0.530. The average molecular weight is 251 g/mol. The van der Waals surface area contributed by atoms with Gasteiger partial charge < -0.3 is 10.3 Å². The highest BCUT2D eigenvalue weighted by atomic mass is 16.5. The van der Waals surface area contributed by atoms with Crippen LogP contribution in [0.15, 0.2) is 59.1 Å². The minimum Gasteiger partial charge on any atom is -0.334 e. The molecular formula is C15H13N3O. The van der Waals surface area contributed by atoms with Crippen LogP contribution in [0.25, 0.3) is 22.8 Å². The Balaban J connectivity index is 1.92. The lowest BCUT2D eigenvalue weighted by molar-refractivity contribution is 0.432. The Kier molecular flexibility index (Phi) is 3.08. The summed E-state index contributed by atoms with van der Waals surface area (Å²) in [5.41, 5.74) is 8.48. The normalized spacial score (nSPS) is 10.6. The number of hydrogen-bond acceptors (Lipinski definition) is 4. The fraction of sp³-hybridized carbons (Fsp3) is 0.0667. The van der Waals surface area contributed by atoms with Crippen LogP contribution in [0.1, 0.15) is 5.56 Å². The lowest BCUT2D eigenvalue weighted by atomic mass is 10.1. The van der Waals surface area contributed by atoms with Crippen molar-refractivity contribution in [1.82, 2.24) is 10.1 Å². The zero-order valence-electron chi connectivity index (χ0n) is 10.3. The average Bonchev–Trinajstić information content (AvgIpc) is 2.98. The molecule has 0 saturated heterocycles. The second kappa shape index (κ2) is 5.04. The van der Waals surface area contributed by atoms with Crippen molar-refractivity contribution < 1.29 is 4.52 Å². The van der Waals surface area contributed by atoms with E-state index in [2.05, 4.69) is 10.1 Å². The molecule has 0 aliphatic carbocycles. The largest absolute Gasteiger partial charge is 0.334 e. The van der Waals surface area contributed by atoms with Crippen molar-refractivity contribution in [2.45, 2.75) is 6.54 Å². The summed E-state index contributed by atoms with van der Waals surface area (Å²) in [6, 6.07) is 17.5. The van der Waals surface area contributed by atoms with E-state index in [4.69, 9.17) is 10.3 Å².